The van der Waals surface area contributed by atoms with Gasteiger partial charge in [-0.25, -0.2) is 4.68 Å². The highest BCUT2D eigenvalue weighted by molar-refractivity contribution is 5.76. The fraction of sp³-hybridized carbons (Fsp3) is 0.500. The molecule has 3 aliphatic heterocycles. The normalized spacial score (nSPS) is 24.7. The molecular formula is C22H27N3O2. The lowest BCUT2D eigenvalue weighted by Crippen LogP contribution is -2.46. The molecule has 2 fully saturated rings. The largest absolute Gasteiger partial charge is 0.358 e. The van der Waals surface area contributed by atoms with Crippen LogP contribution < -0.4 is 4.90 Å². The molecule has 2 unspecified atom stereocenters. The molecule has 0 aliphatic carbocycles. The van der Waals surface area contributed by atoms with E-state index in [9.17, 15) is 0 Å². The van der Waals surface area contributed by atoms with Gasteiger partial charge in [0.2, 0.25) is 0 Å². The van der Waals surface area contributed by atoms with Gasteiger partial charge in [-0.05, 0) is 43.0 Å². The summed E-state index contributed by atoms with van der Waals surface area (Å²) in [6.45, 7) is 8.28. The van der Waals surface area contributed by atoms with Crippen LogP contribution in [0.3, 0.4) is 0 Å². The topological polar surface area (TPSA) is 39.5 Å². The highest BCUT2D eigenvalue weighted by Gasteiger charge is 2.43. The molecule has 5 nitrogen and oxygen atoms in total. The van der Waals surface area contributed by atoms with Crippen molar-refractivity contribution in [1.82, 2.24) is 9.78 Å². The van der Waals surface area contributed by atoms with Crippen molar-refractivity contribution in [3.8, 4) is 5.69 Å². The van der Waals surface area contributed by atoms with E-state index in [4.69, 9.17) is 14.6 Å². The van der Waals surface area contributed by atoms with Crippen LogP contribution in [0.25, 0.3) is 11.8 Å². The lowest BCUT2D eigenvalue weighted by Gasteiger charge is -2.38. The molecule has 2 aromatic rings. The van der Waals surface area contributed by atoms with Gasteiger partial charge in [-0.2, -0.15) is 5.10 Å². The molecule has 0 radical (unpaired) electrons. The van der Waals surface area contributed by atoms with Crippen LogP contribution in [0.4, 0.5) is 5.82 Å². The first-order valence-electron chi connectivity index (χ1n) is 9.95. The Kier molecular flexibility index (Phi) is 3.92. The third-order valence-corrected chi connectivity index (χ3v) is 5.63. The van der Waals surface area contributed by atoms with Crippen molar-refractivity contribution in [2.45, 2.75) is 57.9 Å². The maximum atomic E-state index is 6.16. The molecular weight excluding hydrogens is 338 g/mol. The van der Waals surface area contributed by atoms with Crippen molar-refractivity contribution < 1.29 is 9.47 Å². The molecule has 0 N–H and O–H groups in total. The number of nitrogens with zero attached hydrogens (tertiary/aromatic N) is 3. The average Bonchev–Trinajstić information content (AvgIpc) is 3.39. The third kappa shape index (κ3) is 2.72. The van der Waals surface area contributed by atoms with E-state index in [0.29, 0.717) is 0 Å². The molecule has 0 bridgehead atoms. The SMILES string of the molecule is CC(C)(C)c1nn(-c2ccccc2)c2c1C=C1CCOC1N2C1CCCO1. The minimum Gasteiger partial charge on any atom is -0.358 e. The Balaban J connectivity index is 1.76. The van der Waals surface area contributed by atoms with Gasteiger partial charge in [0.05, 0.1) is 18.0 Å². The van der Waals surface area contributed by atoms with E-state index >= 15 is 0 Å². The Morgan fingerprint density at radius 1 is 1.07 bits per heavy atom. The van der Waals surface area contributed by atoms with Crippen molar-refractivity contribution in [2.24, 2.45) is 0 Å². The van der Waals surface area contributed by atoms with E-state index in [1.807, 2.05) is 6.07 Å². The van der Waals surface area contributed by atoms with E-state index in [0.717, 1.165) is 49.7 Å². The molecule has 3 aliphatic rings. The van der Waals surface area contributed by atoms with Crippen molar-refractivity contribution in [3.05, 3.63) is 47.2 Å². The average molecular weight is 365 g/mol. The van der Waals surface area contributed by atoms with Crippen molar-refractivity contribution >= 4 is 11.9 Å². The number of hydrogen-bond donors (Lipinski definition) is 0. The smallest absolute Gasteiger partial charge is 0.156 e. The van der Waals surface area contributed by atoms with Crippen molar-refractivity contribution in [1.29, 1.82) is 0 Å². The van der Waals surface area contributed by atoms with E-state index in [-0.39, 0.29) is 17.9 Å². The Morgan fingerprint density at radius 2 is 1.89 bits per heavy atom. The summed E-state index contributed by atoms with van der Waals surface area (Å²) >= 11 is 0. The van der Waals surface area contributed by atoms with E-state index in [1.165, 1.54) is 11.1 Å². The van der Waals surface area contributed by atoms with Crippen LogP contribution in [-0.4, -0.2) is 35.5 Å². The summed E-state index contributed by atoms with van der Waals surface area (Å²) in [5.41, 5.74) is 4.72. The van der Waals surface area contributed by atoms with Crippen LogP contribution in [-0.2, 0) is 14.9 Å². The lowest BCUT2D eigenvalue weighted by molar-refractivity contribution is 0.0469. The van der Waals surface area contributed by atoms with Gasteiger partial charge >= 0.3 is 0 Å². The number of rotatable bonds is 2. The van der Waals surface area contributed by atoms with Gasteiger partial charge in [-0.3, -0.25) is 0 Å². The van der Waals surface area contributed by atoms with Crippen molar-refractivity contribution in [3.63, 3.8) is 0 Å². The maximum absolute atomic E-state index is 6.16. The number of ether oxygens (including phenoxy) is 2. The standard InChI is InChI=1S/C22H27N3O2/c1-22(2,3)19-17-14-15-11-13-27-21(15)24(18-10-7-12-26-18)20(17)25(23-19)16-8-5-4-6-9-16/h4-6,8-9,14,18,21H,7,10-13H2,1-3H3. The molecule has 0 saturated carbocycles. The molecule has 142 valence electrons. The summed E-state index contributed by atoms with van der Waals surface area (Å²) in [6.07, 6.45) is 5.43. The third-order valence-electron chi connectivity index (χ3n) is 5.63. The van der Waals surface area contributed by atoms with Gasteiger partial charge in [-0.15, -0.1) is 0 Å². The molecule has 2 saturated heterocycles. The zero-order valence-corrected chi connectivity index (χ0v) is 16.3. The molecule has 5 heteroatoms. The quantitative estimate of drug-likeness (QED) is 0.797. The second-order valence-electron chi connectivity index (χ2n) is 8.65. The molecule has 1 aromatic carbocycles. The van der Waals surface area contributed by atoms with Gasteiger partial charge in [-0.1, -0.05) is 39.0 Å². The van der Waals surface area contributed by atoms with Crippen LogP contribution in [0, 0.1) is 0 Å². The minimum absolute atomic E-state index is 0.0346. The first-order valence-corrected chi connectivity index (χ1v) is 9.95. The second kappa shape index (κ2) is 6.21. The molecule has 5 rings (SSSR count). The van der Waals surface area contributed by atoms with Crippen LogP contribution in [0.15, 0.2) is 35.9 Å². The molecule has 0 amide bonds. The van der Waals surface area contributed by atoms with E-state index in [2.05, 4.69) is 60.7 Å². The number of fused-ring (bicyclic) bond motifs is 2. The summed E-state index contributed by atoms with van der Waals surface area (Å²) in [6, 6.07) is 10.4. The summed E-state index contributed by atoms with van der Waals surface area (Å²) in [4.78, 5) is 2.35. The monoisotopic (exact) mass is 365 g/mol. The summed E-state index contributed by atoms with van der Waals surface area (Å²) in [7, 11) is 0. The molecule has 27 heavy (non-hydrogen) atoms. The summed E-state index contributed by atoms with van der Waals surface area (Å²) in [5, 5.41) is 5.10. The van der Waals surface area contributed by atoms with Crippen LogP contribution >= 0.6 is 0 Å². The molecule has 4 heterocycles. The Labute approximate surface area is 160 Å². The van der Waals surface area contributed by atoms with Crippen LogP contribution in [0.1, 0.15) is 51.3 Å². The fourth-order valence-electron chi connectivity index (χ4n) is 4.39. The highest BCUT2D eigenvalue weighted by Crippen LogP contribution is 2.45. The summed E-state index contributed by atoms with van der Waals surface area (Å²) < 4.78 is 14.4. The number of hydrogen-bond acceptors (Lipinski definition) is 4. The number of para-hydroxylation sites is 1. The zero-order chi connectivity index (χ0) is 18.6. The molecule has 0 spiro atoms. The first-order chi connectivity index (χ1) is 13.0. The molecule has 1 aromatic heterocycles. The molecule has 2 atom stereocenters. The zero-order valence-electron chi connectivity index (χ0n) is 16.3. The van der Waals surface area contributed by atoms with Crippen LogP contribution in [0.2, 0.25) is 0 Å². The number of anilines is 1. The van der Waals surface area contributed by atoms with E-state index in [1.54, 1.807) is 0 Å². The summed E-state index contributed by atoms with van der Waals surface area (Å²) in [5.74, 6) is 1.11. The lowest BCUT2D eigenvalue weighted by atomic mass is 9.87. The van der Waals surface area contributed by atoms with Gasteiger partial charge in [0.1, 0.15) is 12.0 Å². The predicted molar refractivity (Wildman–Crippen MR) is 106 cm³/mol. The van der Waals surface area contributed by atoms with Gasteiger partial charge in [0, 0.05) is 17.6 Å². The fourth-order valence-corrected chi connectivity index (χ4v) is 4.39. The Hall–Kier alpha value is -2.11. The predicted octanol–water partition coefficient (Wildman–Crippen LogP) is 4.26. The van der Waals surface area contributed by atoms with Gasteiger partial charge < -0.3 is 14.4 Å². The second-order valence-corrected chi connectivity index (χ2v) is 8.65. The van der Waals surface area contributed by atoms with Crippen molar-refractivity contribution in [2.75, 3.05) is 18.1 Å². The van der Waals surface area contributed by atoms with Gasteiger partial charge in [0.15, 0.2) is 6.23 Å². The van der Waals surface area contributed by atoms with Crippen LogP contribution in [0.5, 0.6) is 0 Å². The first kappa shape index (κ1) is 17.0. The maximum Gasteiger partial charge on any atom is 0.156 e. The van der Waals surface area contributed by atoms with Gasteiger partial charge in [0.25, 0.3) is 0 Å². The van der Waals surface area contributed by atoms with E-state index < -0.39 is 0 Å². The highest BCUT2D eigenvalue weighted by atomic mass is 16.5. The Bertz CT molecular complexity index is 873. The number of aromatic nitrogens is 2. The minimum atomic E-state index is -0.0460. The number of benzene rings is 1. The Morgan fingerprint density at radius 3 is 2.59 bits per heavy atom.